The third-order valence-corrected chi connectivity index (χ3v) is 4.82. The molecule has 1 saturated carbocycles. The molecular weight excluding hydrogens is 230 g/mol. The first-order valence-electron chi connectivity index (χ1n) is 8.05. The van der Waals surface area contributed by atoms with E-state index < -0.39 is 0 Å². The van der Waals surface area contributed by atoms with Crippen molar-refractivity contribution in [3.63, 3.8) is 0 Å². The van der Waals surface area contributed by atoms with Crippen LogP contribution in [0.1, 0.15) is 63.1 Å². The van der Waals surface area contributed by atoms with Gasteiger partial charge in [0, 0.05) is 6.04 Å². The van der Waals surface area contributed by atoms with Gasteiger partial charge in [-0.25, -0.2) is 0 Å². The van der Waals surface area contributed by atoms with Crippen molar-refractivity contribution in [2.75, 3.05) is 6.54 Å². The van der Waals surface area contributed by atoms with E-state index in [2.05, 4.69) is 50.4 Å². The Labute approximate surface area is 118 Å². The van der Waals surface area contributed by atoms with Gasteiger partial charge in [-0.3, -0.25) is 0 Å². The average molecular weight is 259 g/mol. The second-order valence-electron chi connectivity index (χ2n) is 6.09. The van der Waals surface area contributed by atoms with Gasteiger partial charge in [0.25, 0.3) is 0 Å². The molecule has 0 aromatic heterocycles. The van der Waals surface area contributed by atoms with Crippen LogP contribution in [-0.2, 0) is 0 Å². The summed E-state index contributed by atoms with van der Waals surface area (Å²) in [7, 11) is 0. The molecule has 1 nitrogen and oxygen atoms in total. The molecule has 0 heterocycles. The zero-order valence-electron chi connectivity index (χ0n) is 12.8. The van der Waals surface area contributed by atoms with E-state index in [1.165, 1.54) is 43.2 Å². The molecule has 0 bridgehead atoms. The smallest absolute Gasteiger partial charge is 0.0351 e. The Morgan fingerprint density at radius 3 is 2.68 bits per heavy atom. The summed E-state index contributed by atoms with van der Waals surface area (Å²) < 4.78 is 0. The maximum atomic E-state index is 3.75. The minimum atomic E-state index is 0.556. The summed E-state index contributed by atoms with van der Waals surface area (Å²) in [4.78, 5) is 0. The first kappa shape index (κ1) is 14.6. The molecule has 3 atom stereocenters. The minimum absolute atomic E-state index is 0.556. The molecule has 0 radical (unpaired) electrons. The summed E-state index contributed by atoms with van der Waals surface area (Å²) >= 11 is 0. The molecule has 2 rings (SSSR count). The fourth-order valence-electron chi connectivity index (χ4n) is 3.69. The molecule has 1 fully saturated rings. The molecule has 1 N–H and O–H groups in total. The summed E-state index contributed by atoms with van der Waals surface area (Å²) in [5.41, 5.74) is 2.96. The van der Waals surface area contributed by atoms with Gasteiger partial charge in [-0.2, -0.15) is 0 Å². The SMILES string of the molecule is CCNC(c1ccccc1C)C1CCCC(CC)C1. The highest BCUT2D eigenvalue weighted by atomic mass is 14.9. The maximum Gasteiger partial charge on any atom is 0.0351 e. The molecule has 1 aromatic carbocycles. The van der Waals surface area contributed by atoms with Crippen molar-refractivity contribution >= 4 is 0 Å². The van der Waals surface area contributed by atoms with Crippen LogP contribution in [0.25, 0.3) is 0 Å². The Balaban J connectivity index is 2.17. The van der Waals surface area contributed by atoms with Crippen molar-refractivity contribution in [3.8, 4) is 0 Å². The highest BCUT2D eigenvalue weighted by Gasteiger charge is 2.28. The van der Waals surface area contributed by atoms with Crippen LogP contribution in [0.2, 0.25) is 0 Å². The average Bonchev–Trinajstić information content (AvgIpc) is 2.46. The molecule has 0 saturated heterocycles. The van der Waals surface area contributed by atoms with Crippen LogP contribution in [-0.4, -0.2) is 6.54 Å². The van der Waals surface area contributed by atoms with Crippen molar-refractivity contribution < 1.29 is 0 Å². The number of aryl methyl sites for hydroxylation is 1. The van der Waals surface area contributed by atoms with Gasteiger partial charge in [0.2, 0.25) is 0 Å². The Morgan fingerprint density at radius 2 is 2.00 bits per heavy atom. The van der Waals surface area contributed by atoms with Gasteiger partial charge in [-0.1, -0.05) is 57.4 Å². The van der Waals surface area contributed by atoms with E-state index in [1.54, 1.807) is 0 Å². The first-order chi connectivity index (χ1) is 9.26. The summed E-state index contributed by atoms with van der Waals surface area (Å²) in [5, 5.41) is 3.75. The molecule has 0 amide bonds. The van der Waals surface area contributed by atoms with Crippen LogP contribution < -0.4 is 5.32 Å². The van der Waals surface area contributed by atoms with Crippen LogP contribution in [0.15, 0.2) is 24.3 Å². The van der Waals surface area contributed by atoms with E-state index in [0.29, 0.717) is 6.04 Å². The van der Waals surface area contributed by atoms with E-state index in [1.807, 2.05) is 0 Å². The molecular formula is C18H29N. The fraction of sp³-hybridized carbons (Fsp3) is 0.667. The second-order valence-corrected chi connectivity index (χ2v) is 6.09. The van der Waals surface area contributed by atoms with Crippen LogP contribution in [0.3, 0.4) is 0 Å². The van der Waals surface area contributed by atoms with Gasteiger partial charge in [0.05, 0.1) is 0 Å². The topological polar surface area (TPSA) is 12.0 Å². The van der Waals surface area contributed by atoms with Crippen molar-refractivity contribution in [2.24, 2.45) is 11.8 Å². The van der Waals surface area contributed by atoms with Gasteiger partial charge in [-0.15, -0.1) is 0 Å². The molecule has 1 aliphatic rings. The van der Waals surface area contributed by atoms with E-state index in [4.69, 9.17) is 0 Å². The molecule has 0 aliphatic heterocycles. The van der Waals surface area contributed by atoms with Crippen molar-refractivity contribution in [2.45, 2.75) is 58.9 Å². The van der Waals surface area contributed by atoms with Crippen LogP contribution >= 0.6 is 0 Å². The van der Waals surface area contributed by atoms with Gasteiger partial charge in [0.1, 0.15) is 0 Å². The third kappa shape index (κ3) is 3.60. The molecule has 1 aromatic rings. The van der Waals surface area contributed by atoms with Crippen molar-refractivity contribution in [1.29, 1.82) is 0 Å². The molecule has 1 aliphatic carbocycles. The maximum absolute atomic E-state index is 3.75. The lowest BCUT2D eigenvalue weighted by atomic mass is 9.74. The van der Waals surface area contributed by atoms with Crippen molar-refractivity contribution in [1.82, 2.24) is 5.32 Å². The quantitative estimate of drug-likeness (QED) is 0.796. The third-order valence-electron chi connectivity index (χ3n) is 4.82. The summed E-state index contributed by atoms with van der Waals surface area (Å²) in [6.45, 7) is 7.89. The first-order valence-corrected chi connectivity index (χ1v) is 8.05. The Hall–Kier alpha value is -0.820. The summed E-state index contributed by atoms with van der Waals surface area (Å²) in [6.07, 6.45) is 7.00. The van der Waals surface area contributed by atoms with E-state index >= 15 is 0 Å². The number of rotatable bonds is 5. The highest BCUT2D eigenvalue weighted by molar-refractivity contribution is 5.29. The molecule has 3 unspecified atom stereocenters. The van der Waals surface area contributed by atoms with Crippen LogP contribution in [0.4, 0.5) is 0 Å². The van der Waals surface area contributed by atoms with Crippen LogP contribution in [0.5, 0.6) is 0 Å². The lowest BCUT2D eigenvalue weighted by Crippen LogP contribution is -2.32. The van der Waals surface area contributed by atoms with Gasteiger partial charge >= 0.3 is 0 Å². The lowest BCUT2D eigenvalue weighted by Gasteiger charge is -2.35. The fourth-order valence-corrected chi connectivity index (χ4v) is 3.69. The Bertz CT molecular complexity index is 385. The number of hydrogen-bond acceptors (Lipinski definition) is 1. The predicted octanol–water partition coefficient (Wildman–Crippen LogP) is 4.86. The van der Waals surface area contributed by atoms with Crippen LogP contribution in [0, 0.1) is 18.8 Å². The molecule has 19 heavy (non-hydrogen) atoms. The van der Waals surface area contributed by atoms with E-state index in [-0.39, 0.29) is 0 Å². The van der Waals surface area contributed by atoms with E-state index in [0.717, 1.165) is 18.4 Å². The van der Waals surface area contributed by atoms with E-state index in [9.17, 15) is 0 Å². The minimum Gasteiger partial charge on any atom is -0.310 e. The molecule has 106 valence electrons. The zero-order valence-corrected chi connectivity index (χ0v) is 12.8. The molecule has 0 spiro atoms. The van der Waals surface area contributed by atoms with Gasteiger partial charge in [0.15, 0.2) is 0 Å². The number of hydrogen-bond donors (Lipinski definition) is 1. The Morgan fingerprint density at radius 1 is 1.21 bits per heavy atom. The molecule has 1 heteroatoms. The highest BCUT2D eigenvalue weighted by Crippen LogP contribution is 2.39. The zero-order chi connectivity index (χ0) is 13.7. The number of nitrogens with one attached hydrogen (secondary N) is 1. The second kappa shape index (κ2) is 7.09. The summed E-state index contributed by atoms with van der Waals surface area (Å²) in [5.74, 6) is 1.77. The summed E-state index contributed by atoms with van der Waals surface area (Å²) in [6, 6.07) is 9.46. The lowest BCUT2D eigenvalue weighted by molar-refractivity contribution is 0.210. The number of benzene rings is 1. The normalized spacial score (nSPS) is 25.2. The van der Waals surface area contributed by atoms with Gasteiger partial charge < -0.3 is 5.32 Å². The monoisotopic (exact) mass is 259 g/mol. The Kier molecular flexibility index (Phi) is 5.45. The largest absolute Gasteiger partial charge is 0.310 e. The van der Waals surface area contributed by atoms with Crippen molar-refractivity contribution in [3.05, 3.63) is 35.4 Å². The predicted molar refractivity (Wildman–Crippen MR) is 83.3 cm³/mol. The van der Waals surface area contributed by atoms with Gasteiger partial charge in [-0.05, 0) is 49.3 Å². The standard InChI is InChI=1S/C18H29N/c1-4-15-10-8-11-16(13-15)18(19-5-2)17-12-7-6-9-14(17)3/h6-7,9,12,15-16,18-19H,4-5,8,10-11,13H2,1-3H3.